The first-order valence-corrected chi connectivity index (χ1v) is 8.15. The number of carbonyl (C=O) groups excluding carboxylic acids is 1. The maximum atomic E-state index is 14.1. The fourth-order valence-electron chi connectivity index (χ4n) is 3.19. The molecule has 0 aliphatic heterocycles. The van der Waals surface area contributed by atoms with Crippen molar-refractivity contribution in [1.29, 1.82) is 0 Å². The van der Waals surface area contributed by atoms with Gasteiger partial charge in [-0.3, -0.25) is 9.78 Å². The van der Waals surface area contributed by atoms with Crippen molar-refractivity contribution in [1.82, 2.24) is 20.3 Å². The van der Waals surface area contributed by atoms with Gasteiger partial charge in [0.2, 0.25) is 0 Å². The quantitative estimate of drug-likeness (QED) is 0.780. The fourth-order valence-corrected chi connectivity index (χ4v) is 3.19. The lowest BCUT2D eigenvalue weighted by Crippen LogP contribution is -2.32. The van der Waals surface area contributed by atoms with E-state index in [1.165, 1.54) is 0 Å². The number of rotatable bonds is 5. The average Bonchev–Trinajstić information content (AvgIpc) is 3.17. The van der Waals surface area contributed by atoms with Crippen molar-refractivity contribution in [3.05, 3.63) is 35.9 Å². The van der Waals surface area contributed by atoms with E-state index in [1.54, 1.807) is 19.3 Å². The van der Waals surface area contributed by atoms with Crippen LogP contribution in [-0.4, -0.2) is 39.6 Å². The summed E-state index contributed by atoms with van der Waals surface area (Å²) in [6, 6.07) is 3.69. The second-order valence-corrected chi connectivity index (χ2v) is 6.47. The van der Waals surface area contributed by atoms with Gasteiger partial charge in [0, 0.05) is 36.7 Å². The van der Waals surface area contributed by atoms with Crippen molar-refractivity contribution in [3.8, 4) is 11.4 Å². The first kappa shape index (κ1) is 16.6. The van der Waals surface area contributed by atoms with Gasteiger partial charge in [0.1, 0.15) is 17.2 Å². The lowest BCUT2D eigenvalue weighted by Gasteiger charge is -2.17. The number of aromatic amines is 1. The highest BCUT2D eigenvalue weighted by atomic mass is 19.1. The molecule has 0 bridgehead atoms. The number of amides is 1. The molecule has 0 saturated heterocycles. The Labute approximate surface area is 140 Å². The molecule has 128 valence electrons. The third-order valence-corrected chi connectivity index (χ3v) is 4.61. The average molecular weight is 331 g/mol. The Bertz CT molecular complexity index is 717. The molecule has 2 aromatic rings. The van der Waals surface area contributed by atoms with Crippen LogP contribution < -0.4 is 11.1 Å². The van der Waals surface area contributed by atoms with Crippen molar-refractivity contribution in [2.75, 3.05) is 13.1 Å². The predicted octanol–water partition coefficient (Wildman–Crippen LogP) is 1.98. The van der Waals surface area contributed by atoms with Crippen LogP contribution in [-0.2, 0) is 0 Å². The minimum absolute atomic E-state index is 0.0460. The van der Waals surface area contributed by atoms with Gasteiger partial charge in [-0.05, 0) is 44.2 Å². The number of pyridine rings is 1. The van der Waals surface area contributed by atoms with Crippen LogP contribution in [0.5, 0.6) is 0 Å². The van der Waals surface area contributed by atoms with E-state index in [2.05, 4.69) is 20.3 Å². The van der Waals surface area contributed by atoms with Crippen molar-refractivity contribution in [2.45, 2.75) is 31.9 Å². The summed E-state index contributed by atoms with van der Waals surface area (Å²) in [7, 11) is 0. The molecule has 0 aromatic carbocycles. The number of nitrogens with zero attached hydrogens (tertiary/aromatic N) is 2. The highest BCUT2D eigenvalue weighted by Gasteiger charge is 2.38. The molecule has 1 saturated carbocycles. The molecule has 24 heavy (non-hydrogen) atoms. The molecule has 7 heteroatoms. The molecular weight excluding hydrogens is 309 g/mol. The van der Waals surface area contributed by atoms with Gasteiger partial charge in [-0.25, -0.2) is 9.37 Å². The van der Waals surface area contributed by atoms with Crippen LogP contribution in [0.15, 0.2) is 24.5 Å². The number of nitrogens with two attached hydrogens (primary N) is 1. The molecule has 1 aliphatic carbocycles. The van der Waals surface area contributed by atoms with Crippen molar-refractivity contribution in [3.63, 3.8) is 0 Å². The first-order chi connectivity index (χ1) is 11.5. The Morgan fingerprint density at radius 2 is 2.42 bits per heavy atom. The van der Waals surface area contributed by atoms with E-state index < -0.39 is 5.67 Å². The molecule has 3 rings (SSSR count). The maximum Gasteiger partial charge on any atom is 0.271 e. The molecule has 2 aromatic heterocycles. The summed E-state index contributed by atoms with van der Waals surface area (Å²) in [5, 5.41) is 2.86. The van der Waals surface area contributed by atoms with E-state index in [4.69, 9.17) is 5.73 Å². The lowest BCUT2D eigenvalue weighted by atomic mass is 10.0. The molecule has 1 aliphatic rings. The van der Waals surface area contributed by atoms with Crippen LogP contribution in [0, 0.1) is 12.8 Å². The van der Waals surface area contributed by atoms with Crippen LogP contribution in [0.3, 0.4) is 0 Å². The Morgan fingerprint density at radius 3 is 3.08 bits per heavy atom. The summed E-state index contributed by atoms with van der Waals surface area (Å²) in [5.74, 6) is 0.486. The monoisotopic (exact) mass is 331 g/mol. The minimum atomic E-state index is -1.27. The van der Waals surface area contributed by atoms with Gasteiger partial charge in [-0.15, -0.1) is 0 Å². The molecule has 6 nitrogen and oxygen atoms in total. The second-order valence-electron chi connectivity index (χ2n) is 6.47. The topological polar surface area (TPSA) is 96.7 Å². The number of halogens is 1. The summed E-state index contributed by atoms with van der Waals surface area (Å²) >= 11 is 0. The number of nitrogens with one attached hydrogen (secondary N) is 2. The number of aryl methyl sites for hydroxylation is 1. The summed E-state index contributed by atoms with van der Waals surface area (Å²) in [5.41, 5.74) is 6.07. The van der Waals surface area contributed by atoms with E-state index in [1.807, 2.05) is 12.1 Å². The van der Waals surface area contributed by atoms with Crippen molar-refractivity contribution >= 4 is 5.91 Å². The summed E-state index contributed by atoms with van der Waals surface area (Å²) in [6.45, 7) is 2.29. The molecular formula is C17H22FN5O. The Hall–Kier alpha value is -2.28. The third-order valence-electron chi connectivity index (χ3n) is 4.61. The molecule has 1 fully saturated rings. The number of hydrogen-bond acceptors (Lipinski definition) is 4. The zero-order valence-corrected chi connectivity index (χ0v) is 13.7. The van der Waals surface area contributed by atoms with Gasteiger partial charge < -0.3 is 16.0 Å². The Balaban J connectivity index is 1.63. The van der Waals surface area contributed by atoms with Crippen LogP contribution in [0.4, 0.5) is 4.39 Å². The summed E-state index contributed by atoms with van der Waals surface area (Å²) in [6.07, 6.45) is 4.99. The molecule has 0 radical (unpaired) electrons. The number of hydrogen-bond donors (Lipinski definition) is 3. The van der Waals surface area contributed by atoms with Crippen LogP contribution in [0.1, 0.15) is 35.4 Å². The van der Waals surface area contributed by atoms with E-state index in [0.717, 1.165) is 12.0 Å². The molecule has 4 N–H and O–H groups in total. The SMILES string of the molecule is Cc1[nH]c(-c2cccnc2)nc1C(=O)NC[C@@H]1CC[C@@](F)(CN)C1. The summed E-state index contributed by atoms with van der Waals surface area (Å²) in [4.78, 5) is 23.9. The minimum Gasteiger partial charge on any atom is -0.350 e. The second kappa shape index (κ2) is 6.68. The highest BCUT2D eigenvalue weighted by Crippen LogP contribution is 2.36. The molecule has 0 unspecified atom stereocenters. The first-order valence-electron chi connectivity index (χ1n) is 8.15. The molecule has 1 amide bonds. The molecule has 2 heterocycles. The van der Waals surface area contributed by atoms with Crippen molar-refractivity contribution < 1.29 is 9.18 Å². The Kier molecular flexibility index (Phi) is 4.62. The van der Waals surface area contributed by atoms with Gasteiger partial charge in [0.05, 0.1) is 0 Å². The van der Waals surface area contributed by atoms with E-state index >= 15 is 0 Å². The number of H-pyrrole nitrogens is 1. The largest absolute Gasteiger partial charge is 0.350 e. The van der Waals surface area contributed by atoms with Crippen LogP contribution >= 0.6 is 0 Å². The fraction of sp³-hybridized carbons (Fsp3) is 0.471. The van der Waals surface area contributed by atoms with Crippen LogP contribution in [0.25, 0.3) is 11.4 Å². The smallest absolute Gasteiger partial charge is 0.271 e. The maximum absolute atomic E-state index is 14.1. The number of carbonyl (C=O) groups is 1. The predicted molar refractivity (Wildman–Crippen MR) is 89.1 cm³/mol. The zero-order chi connectivity index (χ0) is 17.2. The van der Waals surface area contributed by atoms with Crippen molar-refractivity contribution in [2.24, 2.45) is 11.7 Å². The highest BCUT2D eigenvalue weighted by molar-refractivity contribution is 5.94. The number of alkyl halides is 1. The van der Waals surface area contributed by atoms with Crippen LogP contribution in [0.2, 0.25) is 0 Å². The van der Waals surface area contributed by atoms with Gasteiger partial charge >= 0.3 is 0 Å². The Morgan fingerprint density at radius 1 is 1.58 bits per heavy atom. The van der Waals surface area contributed by atoms with E-state index in [0.29, 0.717) is 36.6 Å². The van der Waals surface area contributed by atoms with E-state index in [-0.39, 0.29) is 18.4 Å². The van der Waals surface area contributed by atoms with Gasteiger partial charge in [-0.2, -0.15) is 0 Å². The molecule has 0 spiro atoms. The zero-order valence-electron chi connectivity index (χ0n) is 13.7. The van der Waals surface area contributed by atoms with Gasteiger partial charge in [-0.1, -0.05) is 0 Å². The van der Waals surface area contributed by atoms with Gasteiger partial charge in [0.25, 0.3) is 5.91 Å². The third kappa shape index (κ3) is 3.46. The normalized spacial score (nSPS) is 23.4. The lowest BCUT2D eigenvalue weighted by molar-refractivity contribution is 0.0939. The van der Waals surface area contributed by atoms with Gasteiger partial charge in [0.15, 0.2) is 0 Å². The number of imidazole rings is 1. The van der Waals surface area contributed by atoms with E-state index in [9.17, 15) is 9.18 Å². The standard InChI is InChI=1S/C17H22FN5O/c1-11-14(23-15(22-11)13-3-2-6-20-9-13)16(24)21-8-12-4-5-17(18,7-12)10-19/h2-3,6,9,12H,4-5,7-8,10,19H2,1H3,(H,21,24)(H,22,23)/t12-,17+/m1/s1. The number of aromatic nitrogens is 3. The summed E-state index contributed by atoms with van der Waals surface area (Å²) < 4.78 is 14.1. The molecule has 2 atom stereocenters.